The van der Waals surface area contributed by atoms with Crippen LogP contribution in [-0.2, 0) is 10.0 Å². The molecule has 0 saturated carbocycles. The predicted molar refractivity (Wildman–Crippen MR) is 129 cm³/mol. The number of methoxy groups -OCH3 is 1. The van der Waals surface area contributed by atoms with Crippen molar-refractivity contribution in [2.75, 3.05) is 49.3 Å². The van der Waals surface area contributed by atoms with E-state index in [0.717, 1.165) is 11.3 Å². The zero-order chi connectivity index (χ0) is 23.7. The van der Waals surface area contributed by atoms with Crippen LogP contribution < -0.4 is 25.4 Å². The maximum absolute atomic E-state index is 12.4. The van der Waals surface area contributed by atoms with Gasteiger partial charge in [-0.1, -0.05) is 17.7 Å². The van der Waals surface area contributed by atoms with Crippen LogP contribution in [0.1, 0.15) is 5.56 Å². The van der Waals surface area contributed by atoms with E-state index in [1.165, 1.54) is 19.2 Å². The van der Waals surface area contributed by atoms with Crippen molar-refractivity contribution in [2.24, 2.45) is 0 Å². The van der Waals surface area contributed by atoms with E-state index >= 15 is 0 Å². The van der Waals surface area contributed by atoms with Crippen LogP contribution in [-0.4, -0.2) is 56.8 Å². The van der Waals surface area contributed by atoms with E-state index in [0.29, 0.717) is 29.9 Å². The van der Waals surface area contributed by atoms with Crippen molar-refractivity contribution in [2.45, 2.75) is 11.8 Å². The molecule has 0 aliphatic carbocycles. The minimum absolute atomic E-state index is 0.0410. The van der Waals surface area contributed by atoms with Gasteiger partial charge in [0.2, 0.25) is 16.0 Å². The van der Waals surface area contributed by atoms with E-state index in [9.17, 15) is 8.42 Å². The molecule has 0 bridgehead atoms. The molecule has 5 N–H and O–H groups in total. The van der Waals surface area contributed by atoms with Crippen molar-refractivity contribution >= 4 is 33.3 Å². The summed E-state index contributed by atoms with van der Waals surface area (Å²) in [6.07, 6.45) is 0. The molecule has 0 spiro atoms. The lowest BCUT2D eigenvalue weighted by Crippen LogP contribution is -2.29. The largest absolute Gasteiger partial charge is 0.497 e. The first kappa shape index (κ1) is 24.2. The van der Waals surface area contributed by atoms with Gasteiger partial charge >= 0.3 is 0 Å². The second kappa shape index (κ2) is 11.5. The first-order valence-corrected chi connectivity index (χ1v) is 11.8. The molecule has 0 aliphatic rings. The molecule has 1 aromatic heterocycles. The number of nitrogens with zero attached hydrogens (tertiary/aromatic N) is 2. The summed E-state index contributed by atoms with van der Waals surface area (Å²) in [5.41, 5.74) is 2.01. The molecule has 11 heteroatoms. The van der Waals surface area contributed by atoms with Gasteiger partial charge in [-0.15, -0.1) is 0 Å². The molecule has 1 heterocycles. The molecule has 0 amide bonds. The molecular weight excluding hydrogens is 444 g/mol. The highest BCUT2D eigenvalue weighted by Crippen LogP contribution is 2.20. The molecule has 0 unspecified atom stereocenters. The molecule has 0 radical (unpaired) electrons. The highest BCUT2D eigenvalue weighted by atomic mass is 32.2. The van der Waals surface area contributed by atoms with Gasteiger partial charge in [-0.25, -0.2) is 13.1 Å². The first-order chi connectivity index (χ1) is 15.9. The Morgan fingerprint density at radius 3 is 2.27 bits per heavy atom. The van der Waals surface area contributed by atoms with E-state index in [2.05, 4.69) is 30.6 Å². The summed E-state index contributed by atoms with van der Waals surface area (Å²) in [7, 11) is -2.13. The van der Waals surface area contributed by atoms with Crippen molar-refractivity contribution in [3.8, 4) is 5.75 Å². The molecule has 0 fully saturated rings. The Hall–Kier alpha value is -3.41. The minimum atomic E-state index is -3.65. The standard InChI is InChI=1S/C22H28N6O4S/c1-16-3-5-17(6-4-16)26-21-15-20(23-13-14-29)27-22(28-21)24-11-12-25-33(30,31)19-9-7-18(32-2)8-10-19/h3-10,15,25,29H,11-14H2,1-2H3,(H3,23,24,26,27,28). The maximum atomic E-state index is 12.4. The van der Waals surface area contributed by atoms with Crippen LogP contribution in [0.5, 0.6) is 5.75 Å². The zero-order valence-electron chi connectivity index (χ0n) is 18.5. The van der Waals surface area contributed by atoms with Gasteiger partial charge in [0.15, 0.2) is 0 Å². The van der Waals surface area contributed by atoms with Crippen LogP contribution in [0.25, 0.3) is 0 Å². The number of benzene rings is 2. The fourth-order valence-electron chi connectivity index (χ4n) is 2.85. The number of aliphatic hydroxyl groups is 1. The number of rotatable bonds is 12. The third-order valence-corrected chi connectivity index (χ3v) is 6.01. The van der Waals surface area contributed by atoms with Gasteiger partial charge in [-0.3, -0.25) is 0 Å². The number of anilines is 4. The van der Waals surface area contributed by atoms with Crippen molar-refractivity contribution < 1.29 is 18.3 Å². The molecule has 0 saturated heterocycles. The van der Waals surface area contributed by atoms with Gasteiger partial charge in [0, 0.05) is 31.4 Å². The lowest BCUT2D eigenvalue weighted by Gasteiger charge is -2.13. The van der Waals surface area contributed by atoms with E-state index in [1.807, 2.05) is 31.2 Å². The fourth-order valence-corrected chi connectivity index (χ4v) is 3.88. The average molecular weight is 473 g/mol. The summed E-state index contributed by atoms with van der Waals surface area (Å²) in [5.74, 6) is 1.97. The highest BCUT2D eigenvalue weighted by molar-refractivity contribution is 7.89. The van der Waals surface area contributed by atoms with Crippen molar-refractivity contribution in [3.63, 3.8) is 0 Å². The molecule has 0 aliphatic heterocycles. The number of hydrogen-bond donors (Lipinski definition) is 5. The lowest BCUT2D eigenvalue weighted by atomic mass is 10.2. The van der Waals surface area contributed by atoms with E-state index in [-0.39, 0.29) is 24.6 Å². The summed E-state index contributed by atoms with van der Waals surface area (Å²) in [6.45, 7) is 2.70. The number of sulfonamides is 1. The predicted octanol–water partition coefficient (Wildman–Crippen LogP) is 2.33. The molecule has 176 valence electrons. The first-order valence-electron chi connectivity index (χ1n) is 10.3. The molecule has 2 aromatic carbocycles. The Morgan fingerprint density at radius 2 is 1.61 bits per heavy atom. The molecular formula is C22H28N6O4S. The second-order valence-corrected chi connectivity index (χ2v) is 8.87. The minimum Gasteiger partial charge on any atom is -0.497 e. The number of aromatic nitrogens is 2. The molecule has 0 atom stereocenters. The number of ether oxygens (including phenoxy) is 1. The normalized spacial score (nSPS) is 11.1. The molecule has 3 aromatic rings. The maximum Gasteiger partial charge on any atom is 0.240 e. The summed E-state index contributed by atoms with van der Waals surface area (Å²) in [5, 5.41) is 18.3. The number of aliphatic hydroxyl groups excluding tert-OH is 1. The molecule has 3 rings (SSSR count). The Morgan fingerprint density at radius 1 is 0.909 bits per heavy atom. The Labute approximate surface area is 193 Å². The Kier molecular flexibility index (Phi) is 8.41. The van der Waals surface area contributed by atoms with Crippen LogP contribution in [0.3, 0.4) is 0 Å². The van der Waals surface area contributed by atoms with Gasteiger partial charge in [0.05, 0.1) is 18.6 Å². The highest BCUT2D eigenvalue weighted by Gasteiger charge is 2.13. The number of nitrogens with one attached hydrogen (secondary N) is 4. The Balaban J connectivity index is 1.63. The summed E-state index contributed by atoms with van der Waals surface area (Å²) in [6, 6.07) is 15.7. The van der Waals surface area contributed by atoms with Gasteiger partial charge in [-0.05, 0) is 43.3 Å². The average Bonchev–Trinajstić information content (AvgIpc) is 2.82. The van der Waals surface area contributed by atoms with Crippen molar-refractivity contribution in [1.82, 2.24) is 14.7 Å². The van der Waals surface area contributed by atoms with Crippen molar-refractivity contribution in [3.05, 3.63) is 60.2 Å². The summed E-state index contributed by atoms with van der Waals surface area (Å²) >= 11 is 0. The topological polar surface area (TPSA) is 138 Å². The SMILES string of the molecule is COc1ccc(S(=O)(=O)NCCNc2nc(NCCO)cc(Nc3ccc(C)cc3)n2)cc1. The molecule has 10 nitrogen and oxygen atoms in total. The monoisotopic (exact) mass is 472 g/mol. The van der Waals surface area contributed by atoms with Gasteiger partial charge in [0.25, 0.3) is 0 Å². The van der Waals surface area contributed by atoms with Gasteiger partial charge in [0.1, 0.15) is 17.4 Å². The van der Waals surface area contributed by atoms with Gasteiger partial charge < -0.3 is 25.8 Å². The fraction of sp³-hybridized carbons (Fsp3) is 0.273. The second-order valence-electron chi connectivity index (χ2n) is 7.10. The van der Waals surface area contributed by atoms with Crippen LogP contribution in [0.15, 0.2) is 59.5 Å². The van der Waals surface area contributed by atoms with E-state index < -0.39 is 10.0 Å². The number of hydrogen-bond acceptors (Lipinski definition) is 9. The summed E-state index contributed by atoms with van der Waals surface area (Å²) < 4.78 is 32.5. The third-order valence-electron chi connectivity index (χ3n) is 4.54. The third kappa shape index (κ3) is 7.31. The van der Waals surface area contributed by atoms with E-state index in [1.54, 1.807) is 18.2 Å². The van der Waals surface area contributed by atoms with Crippen LogP contribution in [0.4, 0.5) is 23.3 Å². The van der Waals surface area contributed by atoms with Crippen LogP contribution in [0, 0.1) is 6.92 Å². The smallest absolute Gasteiger partial charge is 0.240 e. The molecule has 33 heavy (non-hydrogen) atoms. The van der Waals surface area contributed by atoms with E-state index in [4.69, 9.17) is 9.84 Å². The quantitative estimate of drug-likeness (QED) is 0.251. The number of aryl methyl sites for hydroxylation is 1. The lowest BCUT2D eigenvalue weighted by molar-refractivity contribution is 0.311. The zero-order valence-corrected chi connectivity index (χ0v) is 19.3. The van der Waals surface area contributed by atoms with Crippen LogP contribution in [0.2, 0.25) is 0 Å². The summed E-state index contributed by atoms with van der Waals surface area (Å²) in [4.78, 5) is 8.96. The van der Waals surface area contributed by atoms with Gasteiger partial charge in [-0.2, -0.15) is 9.97 Å². The Bertz CT molecular complexity index is 1140. The van der Waals surface area contributed by atoms with Crippen molar-refractivity contribution in [1.29, 1.82) is 0 Å². The van der Waals surface area contributed by atoms with Crippen LogP contribution >= 0.6 is 0 Å².